The third kappa shape index (κ3) is 1.85. The number of hydrogen-bond acceptors (Lipinski definition) is 2. The van der Waals surface area contributed by atoms with Crippen LogP contribution in [-0.2, 0) is 4.79 Å². The van der Waals surface area contributed by atoms with Gasteiger partial charge in [-0.2, -0.15) is 0 Å². The van der Waals surface area contributed by atoms with Crippen LogP contribution < -0.4 is 5.32 Å². The largest absolute Gasteiger partial charge is 0.301 e. The molecule has 1 aliphatic heterocycles. The minimum absolute atomic E-state index is 0.0696. The van der Waals surface area contributed by atoms with Crippen LogP contribution in [0.5, 0.6) is 0 Å². The summed E-state index contributed by atoms with van der Waals surface area (Å²) in [6, 6.07) is 10.8. The van der Waals surface area contributed by atoms with Gasteiger partial charge in [0.05, 0.1) is 6.04 Å². The number of benzene rings is 1. The lowest BCUT2D eigenvalue weighted by atomic mass is 10.1. The van der Waals surface area contributed by atoms with Gasteiger partial charge in [-0.25, -0.2) is 0 Å². The Bertz CT molecular complexity index is 320. The molecule has 2 atom stereocenters. The molecule has 1 N–H and O–H groups in total. The summed E-state index contributed by atoms with van der Waals surface area (Å²) >= 11 is 0. The molecule has 0 bridgehead atoms. The fourth-order valence-corrected chi connectivity index (χ4v) is 2.01. The van der Waals surface area contributed by atoms with E-state index < -0.39 is 0 Å². The summed E-state index contributed by atoms with van der Waals surface area (Å²) < 4.78 is 0. The molecule has 74 valence electrons. The molecule has 1 heterocycles. The van der Waals surface area contributed by atoms with Gasteiger partial charge in [-0.05, 0) is 25.3 Å². The van der Waals surface area contributed by atoms with E-state index in [1.165, 1.54) is 5.56 Å². The van der Waals surface area contributed by atoms with Crippen LogP contribution in [0.15, 0.2) is 30.3 Å². The first kappa shape index (κ1) is 9.41. The Morgan fingerprint density at radius 3 is 2.57 bits per heavy atom. The molecule has 1 aromatic rings. The number of nitrogens with one attached hydrogen (secondary N) is 1. The Labute approximate surface area is 84.3 Å². The Morgan fingerprint density at radius 1 is 1.29 bits per heavy atom. The fraction of sp³-hybridized carbons (Fsp3) is 0.417. The average Bonchev–Trinajstić information content (AvgIpc) is 2.68. The lowest BCUT2D eigenvalue weighted by Gasteiger charge is -2.12. The molecule has 0 spiro atoms. The van der Waals surface area contributed by atoms with E-state index in [1.54, 1.807) is 6.92 Å². The summed E-state index contributed by atoms with van der Waals surface area (Å²) in [7, 11) is 0. The number of carbonyl (C=O) groups is 1. The molecule has 2 rings (SSSR count). The highest BCUT2D eigenvalue weighted by molar-refractivity contribution is 5.81. The molecule has 14 heavy (non-hydrogen) atoms. The van der Waals surface area contributed by atoms with Gasteiger partial charge >= 0.3 is 0 Å². The first-order valence-corrected chi connectivity index (χ1v) is 5.09. The van der Waals surface area contributed by atoms with Gasteiger partial charge in [-0.15, -0.1) is 0 Å². The first-order valence-electron chi connectivity index (χ1n) is 5.09. The van der Waals surface area contributed by atoms with Gasteiger partial charge < -0.3 is 5.32 Å². The Balaban J connectivity index is 2.06. The molecule has 1 aromatic carbocycles. The second-order valence-corrected chi connectivity index (χ2v) is 3.87. The minimum Gasteiger partial charge on any atom is -0.301 e. The summed E-state index contributed by atoms with van der Waals surface area (Å²) in [5.74, 6) is 0.253. The van der Waals surface area contributed by atoms with E-state index in [2.05, 4.69) is 17.4 Å². The summed E-state index contributed by atoms with van der Waals surface area (Å²) in [6.07, 6.45) is 2.03. The van der Waals surface area contributed by atoms with Crippen molar-refractivity contribution in [1.82, 2.24) is 5.32 Å². The second-order valence-electron chi connectivity index (χ2n) is 3.87. The molecule has 1 fully saturated rings. The normalized spacial score (nSPS) is 26.4. The molecule has 1 aliphatic rings. The predicted octanol–water partition coefficient (Wildman–Crippen LogP) is 2.07. The highest BCUT2D eigenvalue weighted by Gasteiger charge is 2.27. The van der Waals surface area contributed by atoms with Gasteiger partial charge in [0.25, 0.3) is 0 Å². The second kappa shape index (κ2) is 3.93. The number of carbonyl (C=O) groups excluding carboxylic acids is 1. The van der Waals surface area contributed by atoms with Crippen LogP contribution in [0.4, 0.5) is 0 Å². The van der Waals surface area contributed by atoms with Gasteiger partial charge in [-0.3, -0.25) is 4.79 Å². The van der Waals surface area contributed by atoms with E-state index in [4.69, 9.17) is 0 Å². The number of hydrogen-bond donors (Lipinski definition) is 1. The third-order valence-corrected chi connectivity index (χ3v) is 2.84. The van der Waals surface area contributed by atoms with Crippen molar-refractivity contribution >= 4 is 5.78 Å². The van der Waals surface area contributed by atoms with Crippen molar-refractivity contribution in [3.63, 3.8) is 0 Å². The molecule has 0 radical (unpaired) electrons. The fourth-order valence-electron chi connectivity index (χ4n) is 2.01. The molecule has 0 aliphatic carbocycles. The summed E-state index contributed by atoms with van der Waals surface area (Å²) in [4.78, 5) is 11.2. The van der Waals surface area contributed by atoms with Gasteiger partial charge in [0.15, 0.2) is 0 Å². The summed E-state index contributed by atoms with van der Waals surface area (Å²) in [6.45, 7) is 1.66. The highest BCUT2D eigenvalue weighted by atomic mass is 16.1. The topological polar surface area (TPSA) is 29.1 Å². The minimum atomic E-state index is 0.0696. The molecule has 2 nitrogen and oxygen atoms in total. The van der Waals surface area contributed by atoms with Crippen LogP contribution >= 0.6 is 0 Å². The summed E-state index contributed by atoms with van der Waals surface area (Å²) in [5, 5.41) is 3.36. The molecule has 0 saturated carbocycles. The Hall–Kier alpha value is -1.15. The molecule has 0 aromatic heterocycles. The van der Waals surface area contributed by atoms with Gasteiger partial charge in [0.1, 0.15) is 5.78 Å². The van der Waals surface area contributed by atoms with Crippen molar-refractivity contribution < 1.29 is 4.79 Å². The Kier molecular flexibility index (Phi) is 2.64. The molecular weight excluding hydrogens is 174 g/mol. The zero-order valence-electron chi connectivity index (χ0n) is 8.36. The lowest BCUT2D eigenvalue weighted by molar-refractivity contribution is -0.118. The van der Waals surface area contributed by atoms with Crippen LogP contribution in [0.3, 0.4) is 0 Å². The molecular formula is C12H15NO. The van der Waals surface area contributed by atoms with Crippen LogP contribution in [0.25, 0.3) is 0 Å². The number of rotatable bonds is 2. The maximum absolute atomic E-state index is 11.2. The predicted molar refractivity (Wildman–Crippen MR) is 56.0 cm³/mol. The molecule has 2 unspecified atom stereocenters. The van der Waals surface area contributed by atoms with Crippen LogP contribution in [0, 0.1) is 0 Å². The zero-order chi connectivity index (χ0) is 9.97. The molecule has 1 saturated heterocycles. The number of Topliss-reactive ketones (excluding diaryl/α,β-unsaturated/α-hetero) is 1. The third-order valence-electron chi connectivity index (χ3n) is 2.84. The SMILES string of the molecule is CC(=O)C1CCC(c2ccccc2)N1. The Morgan fingerprint density at radius 2 is 2.00 bits per heavy atom. The smallest absolute Gasteiger partial charge is 0.146 e. The van der Waals surface area contributed by atoms with Gasteiger partial charge in [-0.1, -0.05) is 30.3 Å². The van der Waals surface area contributed by atoms with E-state index in [-0.39, 0.29) is 11.8 Å². The standard InChI is InChI=1S/C12H15NO/c1-9(14)11-7-8-12(13-11)10-5-3-2-4-6-10/h2-6,11-13H,7-8H2,1H3. The summed E-state index contributed by atoms with van der Waals surface area (Å²) in [5.41, 5.74) is 1.29. The number of ketones is 1. The quantitative estimate of drug-likeness (QED) is 0.771. The zero-order valence-corrected chi connectivity index (χ0v) is 8.36. The van der Waals surface area contributed by atoms with E-state index in [0.29, 0.717) is 6.04 Å². The van der Waals surface area contributed by atoms with E-state index >= 15 is 0 Å². The van der Waals surface area contributed by atoms with Crippen LogP contribution in [0.1, 0.15) is 31.4 Å². The van der Waals surface area contributed by atoms with Crippen molar-refractivity contribution in [2.75, 3.05) is 0 Å². The van der Waals surface area contributed by atoms with Crippen molar-refractivity contribution in [1.29, 1.82) is 0 Å². The van der Waals surface area contributed by atoms with Crippen molar-refractivity contribution in [2.45, 2.75) is 31.8 Å². The van der Waals surface area contributed by atoms with Crippen LogP contribution in [-0.4, -0.2) is 11.8 Å². The van der Waals surface area contributed by atoms with E-state index in [9.17, 15) is 4.79 Å². The van der Waals surface area contributed by atoms with Crippen molar-refractivity contribution in [2.24, 2.45) is 0 Å². The van der Waals surface area contributed by atoms with Gasteiger partial charge in [0, 0.05) is 6.04 Å². The maximum atomic E-state index is 11.2. The molecule has 0 amide bonds. The first-order chi connectivity index (χ1) is 6.77. The van der Waals surface area contributed by atoms with E-state index in [1.807, 2.05) is 18.2 Å². The van der Waals surface area contributed by atoms with Crippen LogP contribution in [0.2, 0.25) is 0 Å². The maximum Gasteiger partial charge on any atom is 0.146 e. The molecule has 2 heteroatoms. The van der Waals surface area contributed by atoms with Gasteiger partial charge in [0.2, 0.25) is 0 Å². The highest BCUT2D eigenvalue weighted by Crippen LogP contribution is 2.26. The lowest BCUT2D eigenvalue weighted by Crippen LogP contribution is -2.30. The average molecular weight is 189 g/mol. The monoisotopic (exact) mass is 189 g/mol. The van der Waals surface area contributed by atoms with Crippen molar-refractivity contribution in [3.05, 3.63) is 35.9 Å². The van der Waals surface area contributed by atoms with E-state index in [0.717, 1.165) is 12.8 Å². The van der Waals surface area contributed by atoms with Crippen molar-refractivity contribution in [3.8, 4) is 0 Å².